The molecular formula is C15H26O5. The standard InChI is InChI=1S/C15H26O5/c1-5-12(4)15(17)19-9-8-18-10-13(16)11-20-14(6-2)7-3/h6-7,12-13,16H,2,5,8-11H2,1,3-4H3. The van der Waals surface area contributed by atoms with Gasteiger partial charge in [-0.05, 0) is 25.5 Å². The van der Waals surface area contributed by atoms with Gasteiger partial charge < -0.3 is 19.3 Å². The van der Waals surface area contributed by atoms with E-state index in [-0.39, 0.29) is 38.3 Å². The van der Waals surface area contributed by atoms with Crippen LogP contribution >= 0.6 is 0 Å². The highest BCUT2D eigenvalue weighted by atomic mass is 16.6. The number of carbonyl (C=O) groups excluding carboxylic acids is 1. The van der Waals surface area contributed by atoms with Gasteiger partial charge in [-0.1, -0.05) is 20.4 Å². The molecule has 0 heterocycles. The van der Waals surface area contributed by atoms with Crippen molar-refractivity contribution in [1.82, 2.24) is 0 Å². The van der Waals surface area contributed by atoms with Crippen LogP contribution in [0, 0.1) is 5.92 Å². The minimum Gasteiger partial charge on any atom is -0.491 e. The van der Waals surface area contributed by atoms with E-state index in [2.05, 4.69) is 6.58 Å². The van der Waals surface area contributed by atoms with Crippen molar-refractivity contribution >= 4 is 5.97 Å². The molecule has 0 aliphatic carbocycles. The molecule has 0 fully saturated rings. The Morgan fingerprint density at radius 1 is 1.30 bits per heavy atom. The van der Waals surface area contributed by atoms with E-state index in [1.807, 2.05) is 20.8 Å². The fourth-order valence-corrected chi connectivity index (χ4v) is 1.23. The number of carbonyl (C=O) groups is 1. The smallest absolute Gasteiger partial charge is 0.308 e. The quantitative estimate of drug-likeness (QED) is 0.272. The summed E-state index contributed by atoms with van der Waals surface area (Å²) in [6.07, 6.45) is 3.36. The van der Waals surface area contributed by atoms with Gasteiger partial charge >= 0.3 is 5.97 Å². The summed E-state index contributed by atoms with van der Waals surface area (Å²) in [5.41, 5.74) is 0. The van der Waals surface area contributed by atoms with Crippen molar-refractivity contribution in [1.29, 1.82) is 0 Å². The Kier molecular flexibility index (Phi) is 10.7. The third-order valence-electron chi connectivity index (χ3n) is 2.73. The minimum atomic E-state index is -0.727. The molecule has 2 atom stereocenters. The highest BCUT2D eigenvalue weighted by Gasteiger charge is 2.11. The molecule has 0 bridgehead atoms. The summed E-state index contributed by atoms with van der Waals surface area (Å²) in [4.78, 5) is 11.4. The van der Waals surface area contributed by atoms with E-state index in [4.69, 9.17) is 14.2 Å². The summed E-state index contributed by atoms with van der Waals surface area (Å²) >= 11 is 0. The maximum Gasteiger partial charge on any atom is 0.308 e. The molecule has 0 aliphatic heterocycles. The zero-order valence-corrected chi connectivity index (χ0v) is 12.6. The Labute approximate surface area is 121 Å². The van der Waals surface area contributed by atoms with Crippen LogP contribution in [0.2, 0.25) is 0 Å². The van der Waals surface area contributed by atoms with Crippen molar-refractivity contribution in [3.63, 3.8) is 0 Å². The number of aliphatic hydroxyl groups is 1. The maximum atomic E-state index is 11.4. The first-order chi connectivity index (χ1) is 9.54. The summed E-state index contributed by atoms with van der Waals surface area (Å²) < 4.78 is 15.5. The van der Waals surface area contributed by atoms with Gasteiger partial charge in [-0.25, -0.2) is 0 Å². The second-order valence-corrected chi connectivity index (χ2v) is 4.41. The third kappa shape index (κ3) is 8.72. The largest absolute Gasteiger partial charge is 0.491 e. The van der Waals surface area contributed by atoms with E-state index in [0.29, 0.717) is 5.76 Å². The van der Waals surface area contributed by atoms with Crippen LogP contribution in [-0.2, 0) is 19.0 Å². The van der Waals surface area contributed by atoms with Gasteiger partial charge in [0.15, 0.2) is 0 Å². The summed E-state index contributed by atoms with van der Waals surface area (Å²) in [5, 5.41) is 9.60. The number of hydrogen-bond acceptors (Lipinski definition) is 5. The molecule has 5 nitrogen and oxygen atoms in total. The topological polar surface area (TPSA) is 65.0 Å². The van der Waals surface area contributed by atoms with Crippen LogP contribution in [0.25, 0.3) is 0 Å². The van der Waals surface area contributed by atoms with Crippen molar-refractivity contribution in [2.45, 2.75) is 33.3 Å². The molecule has 2 unspecified atom stereocenters. The van der Waals surface area contributed by atoms with Crippen LogP contribution in [0.15, 0.2) is 24.5 Å². The molecule has 0 radical (unpaired) electrons. The first kappa shape index (κ1) is 18.7. The lowest BCUT2D eigenvalue weighted by molar-refractivity contribution is -0.149. The Hall–Kier alpha value is -1.33. The van der Waals surface area contributed by atoms with Crippen molar-refractivity contribution in [3.8, 4) is 0 Å². The maximum absolute atomic E-state index is 11.4. The van der Waals surface area contributed by atoms with Crippen LogP contribution in [0.3, 0.4) is 0 Å². The normalized spacial score (nSPS) is 14.5. The highest BCUT2D eigenvalue weighted by Crippen LogP contribution is 2.03. The molecule has 0 spiro atoms. The van der Waals surface area contributed by atoms with E-state index in [0.717, 1.165) is 6.42 Å². The number of allylic oxidation sites excluding steroid dienone is 2. The van der Waals surface area contributed by atoms with Crippen LogP contribution < -0.4 is 0 Å². The number of esters is 1. The van der Waals surface area contributed by atoms with Gasteiger partial charge in [-0.3, -0.25) is 4.79 Å². The van der Waals surface area contributed by atoms with Crippen LogP contribution in [-0.4, -0.2) is 43.6 Å². The second kappa shape index (κ2) is 11.5. The van der Waals surface area contributed by atoms with Gasteiger partial charge in [0.05, 0.1) is 19.1 Å². The molecule has 0 saturated carbocycles. The average Bonchev–Trinajstić information content (AvgIpc) is 2.46. The molecule has 0 rings (SSSR count). The Morgan fingerprint density at radius 2 is 2.00 bits per heavy atom. The molecule has 0 aromatic rings. The Morgan fingerprint density at radius 3 is 2.55 bits per heavy atom. The monoisotopic (exact) mass is 286 g/mol. The van der Waals surface area contributed by atoms with Crippen molar-refractivity contribution in [2.75, 3.05) is 26.4 Å². The summed E-state index contributed by atoms with van der Waals surface area (Å²) in [7, 11) is 0. The predicted octanol–water partition coefficient (Wildman–Crippen LogP) is 2.06. The lowest BCUT2D eigenvalue weighted by Gasteiger charge is -2.13. The van der Waals surface area contributed by atoms with Crippen LogP contribution in [0.1, 0.15) is 27.2 Å². The average molecular weight is 286 g/mol. The van der Waals surface area contributed by atoms with E-state index in [1.54, 1.807) is 12.2 Å². The molecule has 116 valence electrons. The van der Waals surface area contributed by atoms with E-state index < -0.39 is 6.10 Å². The predicted molar refractivity (Wildman–Crippen MR) is 77.1 cm³/mol. The lowest BCUT2D eigenvalue weighted by atomic mass is 10.1. The van der Waals surface area contributed by atoms with Gasteiger partial charge in [0.1, 0.15) is 25.1 Å². The minimum absolute atomic E-state index is 0.0906. The van der Waals surface area contributed by atoms with E-state index in [9.17, 15) is 9.90 Å². The molecule has 0 aliphatic rings. The third-order valence-corrected chi connectivity index (χ3v) is 2.73. The van der Waals surface area contributed by atoms with Crippen LogP contribution in [0.5, 0.6) is 0 Å². The zero-order valence-electron chi connectivity index (χ0n) is 12.6. The Bertz CT molecular complexity index is 311. The number of rotatable bonds is 11. The fraction of sp³-hybridized carbons (Fsp3) is 0.667. The van der Waals surface area contributed by atoms with Gasteiger partial charge in [-0.2, -0.15) is 0 Å². The summed E-state index contributed by atoms with van der Waals surface area (Å²) in [6, 6.07) is 0. The highest BCUT2D eigenvalue weighted by molar-refractivity contribution is 5.71. The molecule has 1 N–H and O–H groups in total. The van der Waals surface area contributed by atoms with Gasteiger partial charge in [0.2, 0.25) is 0 Å². The summed E-state index contributed by atoms with van der Waals surface area (Å²) in [5.74, 6) is 0.308. The molecule has 5 heteroatoms. The van der Waals surface area contributed by atoms with Crippen molar-refractivity contribution in [2.24, 2.45) is 5.92 Å². The molecule has 0 amide bonds. The zero-order chi connectivity index (χ0) is 15.4. The van der Waals surface area contributed by atoms with Gasteiger partial charge in [-0.15, -0.1) is 0 Å². The Balaban J connectivity index is 3.60. The molecule has 0 aromatic carbocycles. The number of aliphatic hydroxyl groups excluding tert-OH is 1. The van der Waals surface area contributed by atoms with Gasteiger partial charge in [0, 0.05) is 0 Å². The second-order valence-electron chi connectivity index (χ2n) is 4.41. The molecule has 20 heavy (non-hydrogen) atoms. The molecule has 0 aromatic heterocycles. The fourth-order valence-electron chi connectivity index (χ4n) is 1.23. The van der Waals surface area contributed by atoms with Crippen molar-refractivity contribution < 1.29 is 24.1 Å². The SMILES string of the molecule is C=CC(=CC)OCC(O)COCCOC(=O)C(C)CC. The van der Waals surface area contributed by atoms with E-state index in [1.165, 1.54) is 0 Å². The van der Waals surface area contributed by atoms with Gasteiger partial charge in [0.25, 0.3) is 0 Å². The molecular weight excluding hydrogens is 260 g/mol. The van der Waals surface area contributed by atoms with Crippen LogP contribution in [0.4, 0.5) is 0 Å². The molecule has 0 saturated heterocycles. The number of hydrogen-bond donors (Lipinski definition) is 1. The first-order valence-corrected chi connectivity index (χ1v) is 6.89. The number of ether oxygens (including phenoxy) is 3. The summed E-state index contributed by atoms with van der Waals surface area (Å²) in [6.45, 7) is 9.89. The van der Waals surface area contributed by atoms with E-state index >= 15 is 0 Å². The first-order valence-electron chi connectivity index (χ1n) is 6.89. The lowest BCUT2D eigenvalue weighted by Crippen LogP contribution is -2.23. The van der Waals surface area contributed by atoms with Crippen molar-refractivity contribution in [3.05, 3.63) is 24.5 Å².